The van der Waals surface area contributed by atoms with Crippen LogP contribution in [0.2, 0.25) is 0 Å². The molecule has 0 aliphatic carbocycles. The molecule has 3 rings (SSSR count). The minimum absolute atomic E-state index is 0.124. The molecule has 0 saturated carbocycles. The fourth-order valence-electron chi connectivity index (χ4n) is 2.67. The van der Waals surface area contributed by atoms with Crippen molar-refractivity contribution in [1.29, 1.82) is 0 Å². The topological polar surface area (TPSA) is 80.3 Å². The van der Waals surface area contributed by atoms with Gasteiger partial charge in [-0.3, -0.25) is 14.6 Å². The highest BCUT2D eigenvalue weighted by atomic mass is 19.1. The van der Waals surface area contributed by atoms with Gasteiger partial charge in [0.1, 0.15) is 17.3 Å². The van der Waals surface area contributed by atoms with E-state index in [0.717, 1.165) is 5.56 Å². The lowest BCUT2D eigenvalue weighted by atomic mass is 10.1. The molecule has 2 N–H and O–H groups in total. The van der Waals surface area contributed by atoms with Crippen LogP contribution in [0.3, 0.4) is 0 Å². The Hall–Kier alpha value is -3.74. The number of anilines is 1. The zero-order valence-corrected chi connectivity index (χ0v) is 15.8. The Bertz CT molecular complexity index is 1010. The van der Waals surface area contributed by atoms with Crippen LogP contribution in [0.1, 0.15) is 26.4 Å². The molecule has 0 radical (unpaired) electrons. The second-order valence-corrected chi connectivity index (χ2v) is 6.25. The molecule has 0 atom stereocenters. The molecule has 3 aromatic rings. The molecule has 2 aromatic carbocycles. The van der Waals surface area contributed by atoms with Crippen LogP contribution in [-0.4, -0.2) is 30.5 Å². The number of ether oxygens (including phenoxy) is 1. The van der Waals surface area contributed by atoms with E-state index in [1.165, 1.54) is 30.5 Å². The molecule has 0 spiro atoms. The number of amides is 2. The third-order valence-corrected chi connectivity index (χ3v) is 4.19. The number of carbonyl (C=O) groups excluding carboxylic acids is 2. The molecule has 7 heteroatoms. The average molecular weight is 393 g/mol. The van der Waals surface area contributed by atoms with Crippen molar-refractivity contribution in [1.82, 2.24) is 10.3 Å². The molecule has 148 valence electrons. The maximum atomic E-state index is 12.9. The summed E-state index contributed by atoms with van der Waals surface area (Å²) < 4.78 is 18.1. The summed E-state index contributed by atoms with van der Waals surface area (Å²) in [7, 11) is 1.54. The van der Waals surface area contributed by atoms with Crippen molar-refractivity contribution in [2.75, 3.05) is 19.0 Å². The van der Waals surface area contributed by atoms with Crippen molar-refractivity contribution >= 4 is 17.5 Å². The van der Waals surface area contributed by atoms with Gasteiger partial charge in [0.25, 0.3) is 11.8 Å². The number of hydrogen-bond donors (Lipinski definition) is 2. The summed E-state index contributed by atoms with van der Waals surface area (Å²) in [5, 5.41) is 5.51. The number of rotatable bonds is 7. The number of aromatic nitrogens is 1. The number of nitrogens with one attached hydrogen (secondary N) is 2. The molecule has 0 fully saturated rings. The monoisotopic (exact) mass is 393 g/mol. The van der Waals surface area contributed by atoms with Crippen molar-refractivity contribution in [2.24, 2.45) is 0 Å². The maximum Gasteiger partial charge on any atom is 0.274 e. The number of pyridine rings is 1. The molecule has 0 aliphatic rings. The van der Waals surface area contributed by atoms with E-state index in [2.05, 4.69) is 15.6 Å². The van der Waals surface area contributed by atoms with Crippen LogP contribution in [0.4, 0.5) is 10.1 Å². The van der Waals surface area contributed by atoms with Crippen molar-refractivity contribution in [3.05, 3.63) is 89.5 Å². The van der Waals surface area contributed by atoms with E-state index < -0.39 is 5.91 Å². The van der Waals surface area contributed by atoms with Crippen LogP contribution in [0.5, 0.6) is 5.75 Å². The van der Waals surface area contributed by atoms with E-state index >= 15 is 0 Å². The zero-order chi connectivity index (χ0) is 20.6. The first-order valence-electron chi connectivity index (χ1n) is 8.99. The second-order valence-electron chi connectivity index (χ2n) is 6.25. The summed E-state index contributed by atoms with van der Waals surface area (Å²) in [6.45, 7) is 0.387. The highest BCUT2D eigenvalue weighted by Gasteiger charge is 2.12. The van der Waals surface area contributed by atoms with Crippen molar-refractivity contribution in [3.63, 3.8) is 0 Å². The van der Waals surface area contributed by atoms with Gasteiger partial charge >= 0.3 is 0 Å². The van der Waals surface area contributed by atoms with Crippen LogP contribution in [0.15, 0.2) is 66.9 Å². The van der Waals surface area contributed by atoms with E-state index in [9.17, 15) is 14.0 Å². The number of halogens is 1. The fourth-order valence-corrected chi connectivity index (χ4v) is 2.67. The largest absolute Gasteiger partial charge is 0.497 e. The van der Waals surface area contributed by atoms with Crippen molar-refractivity contribution in [3.8, 4) is 5.75 Å². The molecule has 6 nitrogen and oxygen atoms in total. The summed E-state index contributed by atoms with van der Waals surface area (Å²) >= 11 is 0. The zero-order valence-electron chi connectivity index (χ0n) is 15.8. The highest BCUT2D eigenvalue weighted by molar-refractivity contribution is 6.04. The van der Waals surface area contributed by atoms with E-state index in [-0.39, 0.29) is 17.4 Å². The van der Waals surface area contributed by atoms with E-state index in [1.807, 2.05) is 0 Å². The molecule has 1 heterocycles. The lowest BCUT2D eigenvalue weighted by molar-refractivity contribution is 0.0954. The van der Waals surface area contributed by atoms with Gasteiger partial charge in [-0.1, -0.05) is 18.2 Å². The molecular formula is C22H20FN3O3. The Morgan fingerprint density at radius 2 is 1.83 bits per heavy atom. The molecule has 2 amide bonds. The summed E-state index contributed by atoms with van der Waals surface area (Å²) in [4.78, 5) is 28.8. The van der Waals surface area contributed by atoms with Gasteiger partial charge in [0.15, 0.2) is 0 Å². The first-order valence-corrected chi connectivity index (χ1v) is 8.99. The number of nitrogens with zero attached hydrogens (tertiary/aromatic N) is 1. The van der Waals surface area contributed by atoms with Gasteiger partial charge in [0, 0.05) is 30.1 Å². The average Bonchev–Trinajstić information content (AvgIpc) is 2.75. The van der Waals surface area contributed by atoms with Crippen LogP contribution in [0, 0.1) is 5.82 Å². The third kappa shape index (κ3) is 5.62. The first kappa shape index (κ1) is 20.0. The predicted octanol–water partition coefficient (Wildman–Crippen LogP) is 3.45. The Labute approximate surface area is 167 Å². The Balaban J connectivity index is 1.59. The van der Waals surface area contributed by atoms with Crippen molar-refractivity contribution in [2.45, 2.75) is 6.42 Å². The molecule has 0 saturated heterocycles. The van der Waals surface area contributed by atoms with E-state index in [4.69, 9.17) is 4.74 Å². The molecule has 0 aliphatic heterocycles. The van der Waals surface area contributed by atoms with Crippen LogP contribution >= 0.6 is 0 Å². The Morgan fingerprint density at radius 3 is 2.59 bits per heavy atom. The fraction of sp³-hybridized carbons (Fsp3) is 0.136. The Kier molecular flexibility index (Phi) is 6.52. The molecular weight excluding hydrogens is 373 g/mol. The second kappa shape index (κ2) is 9.45. The lowest BCUT2D eigenvalue weighted by Gasteiger charge is -2.08. The van der Waals surface area contributed by atoms with Crippen LogP contribution in [0.25, 0.3) is 0 Å². The number of carbonyl (C=O) groups is 2. The standard InChI is InChI=1S/C22H20FN3O3/c1-29-19-4-2-3-18(14-19)26-22(28)20-13-16(10-12-24-20)21(27)25-11-9-15-5-7-17(23)8-6-15/h2-8,10,12-14H,9,11H2,1H3,(H,25,27)(H,26,28). The van der Waals surface area contributed by atoms with Gasteiger partial charge in [-0.2, -0.15) is 0 Å². The summed E-state index contributed by atoms with van der Waals surface area (Å²) in [5.74, 6) is -0.427. The van der Waals surface area contributed by atoms with E-state index in [1.54, 1.807) is 43.5 Å². The van der Waals surface area contributed by atoms with Gasteiger partial charge in [-0.25, -0.2) is 4.39 Å². The third-order valence-electron chi connectivity index (χ3n) is 4.19. The molecule has 0 unspecified atom stereocenters. The number of methoxy groups -OCH3 is 1. The number of benzene rings is 2. The Morgan fingerprint density at radius 1 is 1.03 bits per heavy atom. The molecule has 0 bridgehead atoms. The van der Waals surface area contributed by atoms with Gasteiger partial charge in [-0.05, 0) is 48.4 Å². The summed E-state index contributed by atoms with van der Waals surface area (Å²) in [6.07, 6.45) is 1.98. The van der Waals surface area contributed by atoms with Gasteiger partial charge in [0.05, 0.1) is 7.11 Å². The van der Waals surface area contributed by atoms with Crippen LogP contribution in [-0.2, 0) is 6.42 Å². The number of hydrogen-bond acceptors (Lipinski definition) is 4. The lowest BCUT2D eigenvalue weighted by Crippen LogP contribution is -2.26. The maximum absolute atomic E-state index is 12.9. The quantitative estimate of drug-likeness (QED) is 0.644. The molecule has 29 heavy (non-hydrogen) atoms. The SMILES string of the molecule is COc1cccc(NC(=O)c2cc(C(=O)NCCc3ccc(F)cc3)ccn2)c1. The summed E-state index contributed by atoms with van der Waals surface area (Å²) in [5.41, 5.74) is 1.93. The predicted molar refractivity (Wildman–Crippen MR) is 108 cm³/mol. The van der Waals surface area contributed by atoms with Gasteiger partial charge < -0.3 is 15.4 Å². The normalized spacial score (nSPS) is 10.3. The van der Waals surface area contributed by atoms with Gasteiger partial charge in [0.2, 0.25) is 0 Å². The summed E-state index contributed by atoms with van der Waals surface area (Å²) in [6, 6.07) is 16.0. The first-order chi connectivity index (χ1) is 14.0. The minimum atomic E-state index is -0.431. The van der Waals surface area contributed by atoms with Crippen LogP contribution < -0.4 is 15.4 Å². The highest BCUT2D eigenvalue weighted by Crippen LogP contribution is 2.17. The molecule has 1 aromatic heterocycles. The minimum Gasteiger partial charge on any atom is -0.497 e. The van der Waals surface area contributed by atoms with Gasteiger partial charge in [-0.15, -0.1) is 0 Å². The van der Waals surface area contributed by atoms with Crippen molar-refractivity contribution < 1.29 is 18.7 Å². The van der Waals surface area contributed by atoms with E-state index in [0.29, 0.717) is 30.0 Å². The smallest absolute Gasteiger partial charge is 0.274 e.